The maximum absolute atomic E-state index is 8.78. The summed E-state index contributed by atoms with van der Waals surface area (Å²) in [6, 6.07) is 7.61. The molecule has 17 heavy (non-hydrogen) atoms. The van der Waals surface area contributed by atoms with Gasteiger partial charge in [0, 0.05) is 24.6 Å². The molecule has 0 unspecified atom stereocenters. The number of benzene rings is 1. The van der Waals surface area contributed by atoms with Crippen molar-refractivity contribution in [2.45, 2.75) is 19.4 Å². The fourth-order valence-corrected chi connectivity index (χ4v) is 1.79. The Morgan fingerprint density at radius 2 is 2.24 bits per heavy atom. The maximum Gasteiger partial charge on any atom is 0.155 e. The molecule has 0 amide bonds. The number of aryl methyl sites for hydroxylation is 1. The molecule has 0 aliphatic rings. The van der Waals surface area contributed by atoms with E-state index < -0.39 is 0 Å². The standard InChI is InChI=1S/C11H13ClN4O/c12-10-4-1-3-9(7-10)8-11-13-14-15-16(11)5-2-6-17/h1,3-4,7,17H,2,5-6,8H2. The molecule has 0 aliphatic carbocycles. The molecule has 0 radical (unpaired) electrons. The van der Waals surface area contributed by atoms with Crippen LogP contribution in [-0.2, 0) is 13.0 Å². The third kappa shape index (κ3) is 3.25. The first-order chi connectivity index (χ1) is 8.29. The molecule has 6 heteroatoms. The molecule has 0 spiro atoms. The lowest BCUT2D eigenvalue weighted by atomic mass is 10.1. The Kier molecular flexibility index (Phi) is 4.06. The number of halogens is 1. The van der Waals surface area contributed by atoms with Crippen molar-refractivity contribution in [1.82, 2.24) is 20.2 Å². The number of nitrogens with zero attached hydrogens (tertiary/aromatic N) is 4. The summed E-state index contributed by atoms with van der Waals surface area (Å²) in [7, 11) is 0. The molecule has 2 rings (SSSR count). The van der Waals surface area contributed by atoms with Gasteiger partial charge >= 0.3 is 0 Å². The van der Waals surface area contributed by atoms with Crippen LogP contribution in [0.25, 0.3) is 0 Å². The lowest BCUT2D eigenvalue weighted by Crippen LogP contribution is -2.07. The fourth-order valence-electron chi connectivity index (χ4n) is 1.57. The fraction of sp³-hybridized carbons (Fsp3) is 0.364. The first-order valence-corrected chi connectivity index (χ1v) is 5.78. The summed E-state index contributed by atoms with van der Waals surface area (Å²) in [4.78, 5) is 0. The van der Waals surface area contributed by atoms with E-state index in [1.165, 1.54) is 0 Å². The Morgan fingerprint density at radius 1 is 1.35 bits per heavy atom. The summed E-state index contributed by atoms with van der Waals surface area (Å²) in [6.07, 6.45) is 1.28. The van der Waals surface area contributed by atoms with Crippen molar-refractivity contribution in [1.29, 1.82) is 0 Å². The summed E-state index contributed by atoms with van der Waals surface area (Å²) in [6.45, 7) is 0.760. The van der Waals surface area contributed by atoms with E-state index in [-0.39, 0.29) is 6.61 Å². The molecule has 0 aliphatic heterocycles. The van der Waals surface area contributed by atoms with Gasteiger partial charge in [0.05, 0.1) is 0 Å². The zero-order valence-electron chi connectivity index (χ0n) is 9.25. The van der Waals surface area contributed by atoms with Crippen molar-refractivity contribution in [3.8, 4) is 0 Å². The van der Waals surface area contributed by atoms with Crippen LogP contribution in [0.4, 0.5) is 0 Å². The summed E-state index contributed by atoms with van der Waals surface area (Å²) < 4.78 is 1.71. The smallest absolute Gasteiger partial charge is 0.155 e. The van der Waals surface area contributed by atoms with Gasteiger partial charge in [0.15, 0.2) is 5.82 Å². The van der Waals surface area contributed by atoms with Gasteiger partial charge in [0.1, 0.15) is 0 Å². The van der Waals surface area contributed by atoms with Crippen LogP contribution in [-0.4, -0.2) is 31.9 Å². The first kappa shape index (κ1) is 12.0. The van der Waals surface area contributed by atoms with E-state index in [0.29, 0.717) is 24.4 Å². The maximum atomic E-state index is 8.78. The molecular formula is C11H13ClN4O. The zero-order valence-corrected chi connectivity index (χ0v) is 10.0. The number of tetrazole rings is 1. The van der Waals surface area contributed by atoms with Gasteiger partial charge < -0.3 is 5.11 Å². The van der Waals surface area contributed by atoms with Crippen LogP contribution in [0, 0.1) is 0 Å². The Hall–Kier alpha value is -1.46. The number of hydrogen-bond acceptors (Lipinski definition) is 4. The molecule has 0 bridgehead atoms. The molecular weight excluding hydrogens is 240 g/mol. The number of hydrogen-bond donors (Lipinski definition) is 1. The van der Waals surface area contributed by atoms with E-state index in [9.17, 15) is 0 Å². The number of aliphatic hydroxyl groups is 1. The van der Waals surface area contributed by atoms with Crippen LogP contribution >= 0.6 is 11.6 Å². The summed E-state index contributed by atoms with van der Waals surface area (Å²) in [5, 5.41) is 21.0. The van der Waals surface area contributed by atoms with Crippen LogP contribution in [0.2, 0.25) is 5.02 Å². The second kappa shape index (κ2) is 5.75. The number of rotatable bonds is 5. The average Bonchev–Trinajstić information content (AvgIpc) is 2.74. The first-order valence-electron chi connectivity index (χ1n) is 5.40. The van der Waals surface area contributed by atoms with E-state index in [0.717, 1.165) is 11.4 Å². The summed E-state index contributed by atoms with van der Waals surface area (Å²) in [5.74, 6) is 0.778. The molecule has 1 aromatic heterocycles. The van der Waals surface area contributed by atoms with Crippen LogP contribution in [0.3, 0.4) is 0 Å². The molecule has 1 heterocycles. The minimum absolute atomic E-state index is 0.135. The molecule has 0 saturated carbocycles. The molecule has 90 valence electrons. The number of aromatic nitrogens is 4. The van der Waals surface area contributed by atoms with Crippen LogP contribution in [0.1, 0.15) is 17.8 Å². The molecule has 0 fully saturated rings. The highest BCUT2D eigenvalue weighted by Crippen LogP contribution is 2.13. The molecule has 1 aromatic carbocycles. The SMILES string of the molecule is OCCCn1nnnc1Cc1cccc(Cl)c1. The largest absolute Gasteiger partial charge is 0.396 e. The highest BCUT2D eigenvalue weighted by molar-refractivity contribution is 6.30. The van der Waals surface area contributed by atoms with Gasteiger partial charge in [-0.3, -0.25) is 0 Å². The highest BCUT2D eigenvalue weighted by Gasteiger charge is 2.06. The van der Waals surface area contributed by atoms with Crippen LogP contribution < -0.4 is 0 Å². The lowest BCUT2D eigenvalue weighted by Gasteiger charge is -2.03. The van der Waals surface area contributed by atoms with E-state index in [1.807, 2.05) is 24.3 Å². The van der Waals surface area contributed by atoms with E-state index in [2.05, 4.69) is 15.5 Å². The Bertz CT molecular complexity index is 486. The minimum Gasteiger partial charge on any atom is -0.396 e. The normalized spacial score (nSPS) is 10.7. The van der Waals surface area contributed by atoms with Gasteiger partial charge in [-0.2, -0.15) is 0 Å². The van der Waals surface area contributed by atoms with Crippen molar-refractivity contribution in [2.75, 3.05) is 6.61 Å². The Labute approximate surface area is 104 Å². The van der Waals surface area contributed by atoms with E-state index >= 15 is 0 Å². The quantitative estimate of drug-likeness (QED) is 0.871. The second-order valence-corrected chi connectivity index (χ2v) is 4.14. The van der Waals surface area contributed by atoms with Crippen molar-refractivity contribution in [2.24, 2.45) is 0 Å². The van der Waals surface area contributed by atoms with E-state index in [4.69, 9.17) is 16.7 Å². The molecule has 0 atom stereocenters. The van der Waals surface area contributed by atoms with Gasteiger partial charge in [-0.1, -0.05) is 23.7 Å². The topological polar surface area (TPSA) is 63.8 Å². The second-order valence-electron chi connectivity index (χ2n) is 3.70. The minimum atomic E-state index is 0.135. The monoisotopic (exact) mass is 252 g/mol. The zero-order chi connectivity index (χ0) is 12.1. The van der Waals surface area contributed by atoms with E-state index in [1.54, 1.807) is 4.68 Å². The predicted molar refractivity (Wildman–Crippen MR) is 63.8 cm³/mol. The Balaban J connectivity index is 2.10. The molecule has 2 aromatic rings. The van der Waals surface area contributed by atoms with Crippen molar-refractivity contribution < 1.29 is 5.11 Å². The van der Waals surface area contributed by atoms with Crippen LogP contribution in [0.5, 0.6) is 0 Å². The van der Waals surface area contributed by atoms with Gasteiger partial charge in [0.2, 0.25) is 0 Å². The van der Waals surface area contributed by atoms with Crippen molar-refractivity contribution in [3.63, 3.8) is 0 Å². The predicted octanol–water partition coefficient (Wildman–Crippen LogP) is 1.30. The Morgan fingerprint density at radius 3 is 3.00 bits per heavy atom. The number of aliphatic hydroxyl groups excluding tert-OH is 1. The molecule has 1 N–H and O–H groups in total. The average molecular weight is 253 g/mol. The third-order valence-corrected chi connectivity index (χ3v) is 2.62. The van der Waals surface area contributed by atoms with Crippen molar-refractivity contribution >= 4 is 11.6 Å². The summed E-state index contributed by atoms with van der Waals surface area (Å²) >= 11 is 5.92. The van der Waals surface area contributed by atoms with Gasteiger partial charge in [0.25, 0.3) is 0 Å². The summed E-state index contributed by atoms with van der Waals surface area (Å²) in [5.41, 5.74) is 1.07. The third-order valence-electron chi connectivity index (χ3n) is 2.39. The highest BCUT2D eigenvalue weighted by atomic mass is 35.5. The van der Waals surface area contributed by atoms with Crippen LogP contribution in [0.15, 0.2) is 24.3 Å². The van der Waals surface area contributed by atoms with Gasteiger partial charge in [-0.05, 0) is 34.5 Å². The molecule has 0 saturated heterocycles. The molecule has 5 nitrogen and oxygen atoms in total. The lowest BCUT2D eigenvalue weighted by molar-refractivity contribution is 0.275. The van der Waals surface area contributed by atoms with Gasteiger partial charge in [-0.15, -0.1) is 5.10 Å². The van der Waals surface area contributed by atoms with Gasteiger partial charge in [-0.25, -0.2) is 4.68 Å². The van der Waals surface area contributed by atoms with Crippen molar-refractivity contribution in [3.05, 3.63) is 40.7 Å².